The average Bonchev–Trinajstić information content (AvgIpc) is 2.88. The van der Waals surface area contributed by atoms with Gasteiger partial charge in [0.25, 0.3) is 0 Å². The molecule has 0 amide bonds. The van der Waals surface area contributed by atoms with Crippen LogP contribution in [0.25, 0.3) is 43.9 Å². The summed E-state index contributed by atoms with van der Waals surface area (Å²) in [6.45, 7) is 9.71. The van der Waals surface area contributed by atoms with Gasteiger partial charge >= 0.3 is 0 Å². The minimum atomic E-state index is -0.127. The maximum absolute atomic E-state index is 2.58. The molecular weight excluding hydrogens is 422 g/mol. The third kappa shape index (κ3) is 2.07. The molecule has 0 spiro atoms. The molecule has 2 unspecified atom stereocenters. The summed E-state index contributed by atoms with van der Waals surface area (Å²) in [5, 5.41) is 5.48. The molecule has 4 aromatic carbocycles. The van der Waals surface area contributed by atoms with Crippen molar-refractivity contribution in [3.63, 3.8) is 0 Å². The van der Waals surface area contributed by atoms with Crippen LogP contribution in [0.1, 0.15) is 44.4 Å². The highest BCUT2D eigenvalue weighted by atomic mass is 15.1. The Morgan fingerprint density at radius 3 is 2.20 bits per heavy atom. The number of hydrogen-bond acceptors (Lipinski definition) is 0. The lowest BCUT2D eigenvalue weighted by Crippen LogP contribution is -2.70. The van der Waals surface area contributed by atoms with Crippen LogP contribution in [0.15, 0.2) is 97.2 Å². The van der Waals surface area contributed by atoms with E-state index >= 15 is 0 Å². The Labute approximate surface area is 206 Å². The van der Waals surface area contributed by atoms with E-state index in [0.29, 0.717) is 0 Å². The van der Waals surface area contributed by atoms with E-state index in [1.54, 1.807) is 0 Å². The standard InChI is InChI=1S/C34H28N/c1-32(2)26-20-24(21-10-6-5-7-11-21)18-23-14-17-35-31(28(23)26)29-27(33(3)15-16-34(33,35)4)19-22-12-8-9-13-25(22)30(29)32/h5-20H,1-4H3/q+1. The Bertz CT molecular complexity index is 1790. The minimum Gasteiger partial charge on any atom is -0.188 e. The molecule has 2 aliphatic carbocycles. The Morgan fingerprint density at radius 2 is 1.43 bits per heavy atom. The lowest BCUT2D eigenvalue weighted by Gasteiger charge is -2.51. The van der Waals surface area contributed by atoms with E-state index in [0.717, 1.165) is 0 Å². The average molecular weight is 451 g/mol. The Morgan fingerprint density at radius 1 is 0.657 bits per heavy atom. The minimum absolute atomic E-state index is 0.0238. The highest BCUT2D eigenvalue weighted by molar-refractivity contribution is 6.07. The van der Waals surface area contributed by atoms with Crippen LogP contribution in [-0.4, -0.2) is 0 Å². The molecule has 1 aliphatic heterocycles. The van der Waals surface area contributed by atoms with E-state index in [2.05, 4.69) is 129 Å². The van der Waals surface area contributed by atoms with Gasteiger partial charge in [0.2, 0.25) is 5.69 Å². The zero-order chi connectivity index (χ0) is 23.7. The molecule has 5 aromatic rings. The van der Waals surface area contributed by atoms with Crippen molar-refractivity contribution in [1.82, 2.24) is 0 Å². The van der Waals surface area contributed by atoms with E-state index in [1.807, 2.05) is 0 Å². The normalized spacial score (nSPS) is 24.3. The van der Waals surface area contributed by atoms with Gasteiger partial charge in [-0.05, 0) is 75.2 Å². The molecule has 0 saturated carbocycles. The predicted octanol–water partition coefficient (Wildman–Crippen LogP) is 7.81. The molecule has 2 heterocycles. The third-order valence-corrected chi connectivity index (χ3v) is 9.59. The first-order chi connectivity index (χ1) is 16.8. The van der Waals surface area contributed by atoms with Crippen molar-refractivity contribution in [3.05, 3.63) is 114 Å². The molecule has 1 heteroatoms. The van der Waals surface area contributed by atoms with E-state index in [-0.39, 0.29) is 16.4 Å². The zero-order valence-electron chi connectivity index (χ0n) is 20.7. The van der Waals surface area contributed by atoms with Crippen LogP contribution in [0.4, 0.5) is 0 Å². The van der Waals surface area contributed by atoms with Crippen LogP contribution in [0.3, 0.4) is 0 Å². The lowest BCUT2D eigenvalue weighted by molar-refractivity contribution is -0.753. The summed E-state index contributed by atoms with van der Waals surface area (Å²) in [6, 6.07) is 29.5. The fourth-order valence-electron chi connectivity index (χ4n) is 7.39. The summed E-state index contributed by atoms with van der Waals surface area (Å²) in [4.78, 5) is 0. The van der Waals surface area contributed by atoms with Gasteiger partial charge in [0.1, 0.15) is 0 Å². The molecule has 1 aromatic heterocycles. The SMILES string of the molecule is CC1(C)c2c3c(cc4ccccc24)C2(C)C=CC2(C)[n+]2ccc4cc(-c5ccccc5)cc1c4c2-3. The number of benzene rings is 4. The van der Waals surface area contributed by atoms with Crippen molar-refractivity contribution in [2.24, 2.45) is 0 Å². The first kappa shape index (κ1) is 19.6. The zero-order valence-corrected chi connectivity index (χ0v) is 20.7. The molecule has 0 radical (unpaired) electrons. The van der Waals surface area contributed by atoms with E-state index in [1.165, 1.54) is 60.6 Å². The van der Waals surface area contributed by atoms with Crippen molar-refractivity contribution in [2.45, 2.75) is 44.1 Å². The fourth-order valence-corrected chi connectivity index (χ4v) is 7.39. The summed E-state index contributed by atoms with van der Waals surface area (Å²) >= 11 is 0. The number of aromatic nitrogens is 1. The van der Waals surface area contributed by atoms with E-state index in [4.69, 9.17) is 0 Å². The highest BCUT2D eigenvalue weighted by Crippen LogP contribution is 2.60. The van der Waals surface area contributed by atoms with Gasteiger partial charge in [-0.2, -0.15) is 4.57 Å². The Kier molecular flexibility index (Phi) is 3.31. The van der Waals surface area contributed by atoms with Crippen molar-refractivity contribution in [1.29, 1.82) is 0 Å². The van der Waals surface area contributed by atoms with Crippen LogP contribution < -0.4 is 4.57 Å². The smallest absolute Gasteiger partial charge is 0.188 e. The first-order valence-corrected chi connectivity index (χ1v) is 12.7. The fraction of sp³-hybridized carbons (Fsp3) is 0.206. The van der Waals surface area contributed by atoms with Crippen molar-refractivity contribution in [3.8, 4) is 22.4 Å². The number of allylic oxidation sites excluding steroid dienone is 2. The molecule has 8 rings (SSSR count). The van der Waals surface area contributed by atoms with Gasteiger partial charge in [-0.15, -0.1) is 0 Å². The third-order valence-electron chi connectivity index (χ3n) is 9.59. The van der Waals surface area contributed by atoms with Gasteiger partial charge in [-0.3, -0.25) is 0 Å². The second-order valence-electron chi connectivity index (χ2n) is 11.6. The van der Waals surface area contributed by atoms with Crippen LogP contribution >= 0.6 is 0 Å². The molecular formula is C34H28N+. The molecule has 3 aliphatic rings. The number of hydrogen-bond donors (Lipinski definition) is 0. The molecule has 35 heavy (non-hydrogen) atoms. The second-order valence-corrected chi connectivity index (χ2v) is 11.6. The lowest BCUT2D eigenvalue weighted by atomic mass is 9.53. The van der Waals surface area contributed by atoms with Crippen LogP contribution in [0.5, 0.6) is 0 Å². The quantitative estimate of drug-likeness (QED) is 0.181. The molecule has 2 atom stereocenters. The van der Waals surface area contributed by atoms with E-state index in [9.17, 15) is 0 Å². The molecule has 1 nitrogen and oxygen atoms in total. The van der Waals surface area contributed by atoms with Gasteiger partial charge in [0, 0.05) is 18.4 Å². The Balaban J connectivity index is 1.62. The van der Waals surface area contributed by atoms with Gasteiger partial charge in [-0.25, -0.2) is 0 Å². The molecule has 0 fully saturated rings. The molecule has 0 saturated heterocycles. The van der Waals surface area contributed by atoms with Crippen molar-refractivity contribution >= 4 is 21.5 Å². The number of rotatable bonds is 1. The van der Waals surface area contributed by atoms with Gasteiger partial charge in [-0.1, -0.05) is 74.5 Å². The number of pyridine rings is 1. The second kappa shape index (κ2) is 5.91. The van der Waals surface area contributed by atoms with Crippen LogP contribution in [0.2, 0.25) is 0 Å². The number of fused-ring (bicyclic) bond motifs is 5. The maximum Gasteiger partial charge on any atom is 0.222 e. The molecule has 0 N–H and O–H groups in total. The molecule has 0 bridgehead atoms. The highest BCUT2D eigenvalue weighted by Gasteiger charge is 2.63. The summed E-state index contributed by atoms with van der Waals surface area (Å²) in [5.74, 6) is 0. The maximum atomic E-state index is 2.58. The van der Waals surface area contributed by atoms with Gasteiger partial charge < -0.3 is 0 Å². The summed E-state index contributed by atoms with van der Waals surface area (Å²) in [5.41, 5.74) is 9.61. The van der Waals surface area contributed by atoms with Gasteiger partial charge in [0.05, 0.1) is 16.4 Å². The van der Waals surface area contributed by atoms with Crippen molar-refractivity contribution < 1.29 is 4.57 Å². The summed E-state index contributed by atoms with van der Waals surface area (Å²) < 4.78 is 2.58. The van der Waals surface area contributed by atoms with Crippen molar-refractivity contribution in [2.75, 3.05) is 0 Å². The predicted molar refractivity (Wildman–Crippen MR) is 145 cm³/mol. The van der Waals surface area contributed by atoms with Crippen LogP contribution in [0, 0.1) is 0 Å². The van der Waals surface area contributed by atoms with E-state index < -0.39 is 0 Å². The first-order valence-electron chi connectivity index (χ1n) is 12.7. The number of nitrogens with zero attached hydrogens (tertiary/aromatic N) is 1. The van der Waals surface area contributed by atoms with Gasteiger partial charge in [0.15, 0.2) is 11.7 Å². The molecule has 168 valence electrons. The van der Waals surface area contributed by atoms with Crippen LogP contribution in [-0.2, 0) is 16.4 Å². The summed E-state index contributed by atoms with van der Waals surface area (Å²) in [7, 11) is 0. The Hall–Kier alpha value is -3.71. The monoisotopic (exact) mass is 450 g/mol. The summed E-state index contributed by atoms with van der Waals surface area (Å²) in [6.07, 6.45) is 7.18. The topological polar surface area (TPSA) is 3.88 Å². The largest absolute Gasteiger partial charge is 0.222 e.